The van der Waals surface area contributed by atoms with E-state index in [0.717, 1.165) is 23.6 Å². The molecule has 1 atom stereocenters. The van der Waals surface area contributed by atoms with Gasteiger partial charge in [-0.15, -0.1) is 11.3 Å². The standard InChI is InChI=1S/C11H15N3OS/c1-3-9-4-10(15-14-9)5-12-8(2)11-6-16-7-13-11/h4,6-8,12H,3,5H2,1-2H3. The summed E-state index contributed by atoms with van der Waals surface area (Å²) >= 11 is 1.61. The fourth-order valence-corrected chi connectivity index (χ4v) is 2.05. The van der Waals surface area contributed by atoms with Crippen molar-refractivity contribution in [2.24, 2.45) is 0 Å². The molecule has 2 aromatic rings. The van der Waals surface area contributed by atoms with Crippen LogP contribution in [0.25, 0.3) is 0 Å². The van der Waals surface area contributed by atoms with Crippen LogP contribution in [0.4, 0.5) is 0 Å². The lowest BCUT2D eigenvalue weighted by atomic mass is 10.2. The largest absolute Gasteiger partial charge is 0.360 e. The van der Waals surface area contributed by atoms with Crippen molar-refractivity contribution in [3.05, 3.63) is 34.1 Å². The normalized spacial score (nSPS) is 12.9. The number of thiazole rings is 1. The van der Waals surface area contributed by atoms with Gasteiger partial charge >= 0.3 is 0 Å². The zero-order valence-corrected chi connectivity index (χ0v) is 10.3. The Labute approximate surface area is 98.7 Å². The summed E-state index contributed by atoms with van der Waals surface area (Å²) in [6, 6.07) is 2.22. The third-order valence-corrected chi connectivity index (χ3v) is 3.05. The molecule has 4 nitrogen and oxygen atoms in total. The van der Waals surface area contributed by atoms with Crippen molar-refractivity contribution < 1.29 is 4.52 Å². The van der Waals surface area contributed by atoms with Crippen molar-refractivity contribution >= 4 is 11.3 Å². The van der Waals surface area contributed by atoms with Gasteiger partial charge in [-0.25, -0.2) is 4.98 Å². The van der Waals surface area contributed by atoms with Crippen molar-refractivity contribution in [2.45, 2.75) is 32.9 Å². The van der Waals surface area contributed by atoms with Crippen LogP contribution >= 0.6 is 11.3 Å². The molecule has 0 aliphatic carbocycles. The van der Waals surface area contributed by atoms with Gasteiger partial charge in [0, 0.05) is 17.5 Å². The van der Waals surface area contributed by atoms with Crippen LogP contribution in [-0.2, 0) is 13.0 Å². The van der Waals surface area contributed by atoms with Gasteiger partial charge in [-0.3, -0.25) is 0 Å². The maximum Gasteiger partial charge on any atom is 0.150 e. The molecule has 2 heterocycles. The van der Waals surface area contributed by atoms with Crippen LogP contribution in [0.3, 0.4) is 0 Å². The SMILES string of the molecule is CCc1cc(CNC(C)c2cscn2)on1. The van der Waals surface area contributed by atoms with Crippen molar-refractivity contribution in [2.75, 3.05) is 0 Å². The molecular weight excluding hydrogens is 222 g/mol. The zero-order valence-electron chi connectivity index (χ0n) is 9.43. The lowest BCUT2D eigenvalue weighted by Gasteiger charge is -2.08. The first-order chi connectivity index (χ1) is 7.79. The molecule has 86 valence electrons. The molecule has 0 bridgehead atoms. The molecule has 2 aromatic heterocycles. The molecule has 0 aromatic carbocycles. The van der Waals surface area contributed by atoms with Crippen LogP contribution in [0.5, 0.6) is 0 Å². The summed E-state index contributed by atoms with van der Waals surface area (Å²) in [5, 5.41) is 9.35. The topological polar surface area (TPSA) is 51.0 Å². The smallest absolute Gasteiger partial charge is 0.150 e. The van der Waals surface area contributed by atoms with Crippen molar-refractivity contribution in [3.63, 3.8) is 0 Å². The van der Waals surface area contributed by atoms with Gasteiger partial charge in [-0.1, -0.05) is 12.1 Å². The highest BCUT2D eigenvalue weighted by molar-refractivity contribution is 7.07. The first kappa shape index (κ1) is 11.3. The van der Waals surface area contributed by atoms with E-state index in [1.54, 1.807) is 11.3 Å². The van der Waals surface area contributed by atoms with Gasteiger partial charge in [-0.2, -0.15) is 0 Å². The Hall–Kier alpha value is -1.20. The summed E-state index contributed by atoms with van der Waals surface area (Å²) < 4.78 is 5.19. The van der Waals surface area contributed by atoms with Gasteiger partial charge in [0.15, 0.2) is 5.76 Å². The first-order valence-electron chi connectivity index (χ1n) is 5.35. The highest BCUT2D eigenvalue weighted by atomic mass is 32.1. The van der Waals surface area contributed by atoms with Crippen LogP contribution in [0, 0.1) is 0 Å². The van der Waals surface area contributed by atoms with E-state index >= 15 is 0 Å². The van der Waals surface area contributed by atoms with Crippen LogP contribution < -0.4 is 5.32 Å². The number of aromatic nitrogens is 2. The number of hydrogen-bond acceptors (Lipinski definition) is 5. The van der Waals surface area contributed by atoms with Gasteiger partial charge in [0.05, 0.1) is 23.4 Å². The van der Waals surface area contributed by atoms with Gasteiger partial charge in [0.1, 0.15) is 0 Å². The summed E-state index contributed by atoms with van der Waals surface area (Å²) in [5.41, 5.74) is 3.91. The van der Waals surface area contributed by atoms with E-state index < -0.39 is 0 Å². The Morgan fingerprint density at radius 1 is 1.56 bits per heavy atom. The Balaban J connectivity index is 1.87. The fraction of sp³-hybridized carbons (Fsp3) is 0.455. The van der Waals surface area contributed by atoms with Crippen LogP contribution in [-0.4, -0.2) is 10.1 Å². The summed E-state index contributed by atoms with van der Waals surface area (Å²) in [6.07, 6.45) is 0.908. The van der Waals surface area contributed by atoms with E-state index in [4.69, 9.17) is 4.52 Å². The Morgan fingerprint density at radius 2 is 2.44 bits per heavy atom. The molecule has 1 N–H and O–H groups in total. The molecule has 0 saturated heterocycles. The van der Waals surface area contributed by atoms with E-state index in [1.807, 2.05) is 11.6 Å². The van der Waals surface area contributed by atoms with E-state index in [1.165, 1.54) is 0 Å². The molecule has 0 aliphatic heterocycles. The van der Waals surface area contributed by atoms with Gasteiger partial charge in [0.2, 0.25) is 0 Å². The maximum absolute atomic E-state index is 5.19. The van der Waals surface area contributed by atoms with E-state index in [9.17, 15) is 0 Å². The van der Waals surface area contributed by atoms with Crippen LogP contribution in [0.2, 0.25) is 0 Å². The molecule has 0 fully saturated rings. The highest BCUT2D eigenvalue weighted by Gasteiger charge is 2.08. The second-order valence-electron chi connectivity index (χ2n) is 3.65. The summed E-state index contributed by atoms with van der Waals surface area (Å²) in [4.78, 5) is 4.26. The lowest BCUT2D eigenvalue weighted by Crippen LogP contribution is -2.17. The van der Waals surface area contributed by atoms with E-state index in [0.29, 0.717) is 6.54 Å². The number of aryl methyl sites for hydroxylation is 1. The summed E-state index contributed by atoms with van der Waals surface area (Å²) in [7, 11) is 0. The third-order valence-electron chi connectivity index (χ3n) is 2.45. The molecule has 0 saturated carbocycles. The Morgan fingerprint density at radius 3 is 3.06 bits per heavy atom. The molecule has 0 radical (unpaired) electrons. The molecule has 2 rings (SSSR count). The highest BCUT2D eigenvalue weighted by Crippen LogP contribution is 2.13. The third kappa shape index (κ3) is 2.68. The quantitative estimate of drug-likeness (QED) is 0.868. The second-order valence-corrected chi connectivity index (χ2v) is 4.37. The van der Waals surface area contributed by atoms with Crippen molar-refractivity contribution in [1.29, 1.82) is 0 Å². The lowest BCUT2D eigenvalue weighted by molar-refractivity contribution is 0.361. The van der Waals surface area contributed by atoms with Crippen molar-refractivity contribution in [3.8, 4) is 0 Å². The Kier molecular flexibility index (Phi) is 3.69. The maximum atomic E-state index is 5.19. The molecule has 0 aliphatic rings. The van der Waals surface area contributed by atoms with E-state index in [-0.39, 0.29) is 6.04 Å². The minimum Gasteiger partial charge on any atom is -0.360 e. The monoisotopic (exact) mass is 237 g/mol. The minimum absolute atomic E-state index is 0.237. The average molecular weight is 237 g/mol. The number of nitrogens with one attached hydrogen (secondary N) is 1. The zero-order chi connectivity index (χ0) is 11.4. The number of rotatable bonds is 5. The predicted octanol–water partition coefficient (Wildman–Crippen LogP) is 2.54. The second kappa shape index (κ2) is 5.23. The van der Waals surface area contributed by atoms with Crippen molar-refractivity contribution in [1.82, 2.24) is 15.5 Å². The average Bonchev–Trinajstić information content (AvgIpc) is 2.96. The molecule has 0 spiro atoms. The summed E-state index contributed by atoms with van der Waals surface area (Å²) in [6.45, 7) is 4.84. The molecule has 16 heavy (non-hydrogen) atoms. The first-order valence-corrected chi connectivity index (χ1v) is 6.29. The van der Waals surface area contributed by atoms with Gasteiger partial charge in [0.25, 0.3) is 0 Å². The number of hydrogen-bond donors (Lipinski definition) is 1. The molecular formula is C11H15N3OS. The minimum atomic E-state index is 0.237. The molecule has 1 unspecified atom stereocenters. The Bertz CT molecular complexity index is 424. The summed E-state index contributed by atoms with van der Waals surface area (Å²) in [5.74, 6) is 0.874. The van der Waals surface area contributed by atoms with Crippen LogP contribution in [0.1, 0.15) is 37.0 Å². The fourth-order valence-electron chi connectivity index (χ4n) is 1.40. The molecule has 5 heteroatoms. The number of nitrogens with zero attached hydrogens (tertiary/aromatic N) is 2. The molecule has 0 amide bonds. The van der Waals surface area contributed by atoms with E-state index in [2.05, 4.69) is 34.7 Å². The predicted molar refractivity (Wildman–Crippen MR) is 63.2 cm³/mol. The van der Waals surface area contributed by atoms with Gasteiger partial charge < -0.3 is 9.84 Å². The van der Waals surface area contributed by atoms with Crippen LogP contribution in [0.15, 0.2) is 21.5 Å². The van der Waals surface area contributed by atoms with Gasteiger partial charge in [-0.05, 0) is 13.3 Å².